The van der Waals surface area contributed by atoms with E-state index in [1.54, 1.807) is 60.7 Å². The molecule has 2 aromatic rings. The predicted molar refractivity (Wildman–Crippen MR) is 78.6 cm³/mol. The summed E-state index contributed by atoms with van der Waals surface area (Å²) in [6.45, 7) is 0. The second-order valence-corrected chi connectivity index (χ2v) is 5.27. The lowest BCUT2D eigenvalue weighted by molar-refractivity contribution is -0.164. The maximum atomic E-state index is 13.0. The Morgan fingerprint density at radius 2 is 1.35 bits per heavy atom. The van der Waals surface area contributed by atoms with E-state index in [0.29, 0.717) is 11.1 Å². The summed E-state index contributed by atoms with van der Waals surface area (Å²) in [7, 11) is 0. The molecule has 3 rings (SSSR count). The summed E-state index contributed by atoms with van der Waals surface area (Å²) in [6, 6.07) is 17.4. The van der Waals surface area contributed by atoms with Gasteiger partial charge in [-0.1, -0.05) is 60.7 Å². The van der Waals surface area contributed by atoms with Crippen LogP contribution in [0.2, 0.25) is 0 Å². The minimum absolute atomic E-state index is 0.629. The number of carbonyl (C=O) groups is 1. The molecule has 2 atom stereocenters. The highest BCUT2D eigenvalue weighted by Gasteiger charge is 2.45. The standard InChI is InChI=1S/C18H13F3O2/c19-18(20,21)15-11-14(12-7-3-1-4-8-12)16(17(22)23-15)13-9-5-2-6-10-13/h1-11,14,16H/t14-,16-/m0/s1. The van der Waals surface area contributed by atoms with Crippen molar-refractivity contribution in [1.82, 2.24) is 0 Å². The molecule has 0 amide bonds. The Hall–Kier alpha value is -2.56. The van der Waals surface area contributed by atoms with Gasteiger partial charge in [0.1, 0.15) is 0 Å². The highest BCUT2D eigenvalue weighted by Crippen LogP contribution is 2.43. The monoisotopic (exact) mass is 318 g/mol. The first-order valence-corrected chi connectivity index (χ1v) is 7.07. The Morgan fingerprint density at radius 3 is 1.87 bits per heavy atom. The number of halogens is 3. The molecule has 0 bridgehead atoms. The van der Waals surface area contributed by atoms with Crippen LogP contribution in [0.5, 0.6) is 0 Å². The molecule has 0 unspecified atom stereocenters. The maximum absolute atomic E-state index is 13.0. The molecule has 1 aliphatic rings. The minimum Gasteiger partial charge on any atom is -0.421 e. The summed E-state index contributed by atoms with van der Waals surface area (Å²) < 4.78 is 43.5. The van der Waals surface area contributed by atoms with Gasteiger partial charge in [-0.2, -0.15) is 13.2 Å². The molecule has 1 heterocycles. The van der Waals surface area contributed by atoms with Crippen LogP contribution in [-0.2, 0) is 9.53 Å². The third kappa shape index (κ3) is 3.13. The van der Waals surface area contributed by atoms with Gasteiger partial charge in [0.15, 0.2) is 0 Å². The lowest BCUT2D eigenvalue weighted by atomic mass is 9.80. The molecule has 2 nitrogen and oxygen atoms in total. The van der Waals surface area contributed by atoms with E-state index >= 15 is 0 Å². The molecule has 1 aliphatic heterocycles. The number of hydrogen-bond donors (Lipinski definition) is 0. The Morgan fingerprint density at radius 1 is 0.826 bits per heavy atom. The van der Waals surface area contributed by atoms with Crippen LogP contribution >= 0.6 is 0 Å². The first kappa shape index (κ1) is 15.3. The fourth-order valence-electron chi connectivity index (χ4n) is 2.73. The van der Waals surface area contributed by atoms with Gasteiger partial charge in [0.25, 0.3) is 0 Å². The average molecular weight is 318 g/mol. The number of rotatable bonds is 2. The van der Waals surface area contributed by atoms with E-state index in [2.05, 4.69) is 4.74 Å². The molecule has 0 fully saturated rings. The van der Waals surface area contributed by atoms with Gasteiger partial charge in [0.2, 0.25) is 5.76 Å². The lowest BCUT2D eigenvalue weighted by Gasteiger charge is -2.30. The minimum atomic E-state index is -4.69. The van der Waals surface area contributed by atoms with Crippen LogP contribution in [0.15, 0.2) is 72.5 Å². The SMILES string of the molecule is O=C1OC(C(F)(F)F)=C[C@@H](c2ccccc2)[C@@H]1c1ccccc1. The van der Waals surface area contributed by atoms with Gasteiger partial charge in [-0.15, -0.1) is 0 Å². The highest BCUT2D eigenvalue weighted by molar-refractivity contribution is 5.82. The molecule has 0 aromatic heterocycles. The van der Waals surface area contributed by atoms with Gasteiger partial charge in [-0.05, 0) is 17.2 Å². The number of esters is 1. The average Bonchev–Trinajstić information content (AvgIpc) is 2.55. The zero-order valence-electron chi connectivity index (χ0n) is 12.0. The van der Waals surface area contributed by atoms with Crippen LogP contribution in [0.25, 0.3) is 0 Å². The summed E-state index contributed by atoms with van der Waals surface area (Å²) in [6.07, 6.45) is -3.70. The maximum Gasteiger partial charge on any atom is 0.449 e. The number of hydrogen-bond acceptors (Lipinski definition) is 2. The van der Waals surface area contributed by atoms with Crippen LogP contribution < -0.4 is 0 Å². The zero-order chi connectivity index (χ0) is 16.4. The van der Waals surface area contributed by atoms with Crippen LogP contribution in [-0.4, -0.2) is 12.1 Å². The van der Waals surface area contributed by atoms with Crippen molar-refractivity contribution in [3.05, 3.63) is 83.6 Å². The molecule has 0 N–H and O–H groups in total. The van der Waals surface area contributed by atoms with Crippen molar-refractivity contribution < 1.29 is 22.7 Å². The summed E-state index contributed by atoms with van der Waals surface area (Å²) in [5.74, 6) is -3.66. The Kier molecular flexibility index (Phi) is 3.94. The molecular weight excluding hydrogens is 305 g/mol. The van der Waals surface area contributed by atoms with Gasteiger partial charge in [-0.25, -0.2) is 0 Å². The lowest BCUT2D eigenvalue weighted by Crippen LogP contribution is -2.31. The topological polar surface area (TPSA) is 26.3 Å². The normalized spacial score (nSPS) is 21.5. The van der Waals surface area contributed by atoms with Crippen molar-refractivity contribution in [2.45, 2.75) is 18.0 Å². The molecule has 118 valence electrons. The molecule has 5 heteroatoms. The van der Waals surface area contributed by atoms with E-state index in [9.17, 15) is 18.0 Å². The molecule has 2 aromatic carbocycles. The fraction of sp³-hybridized carbons (Fsp3) is 0.167. The number of ether oxygens (including phenoxy) is 1. The Balaban J connectivity index is 2.11. The fourth-order valence-corrected chi connectivity index (χ4v) is 2.73. The second kappa shape index (κ2) is 5.91. The summed E-state index contributed by atoms with van der Waals surface area (Å²) in [4.78, 5) is 12.3. The number of allylic oxidation sites excluding steroid dienone is 2. The largest absolute Gasteiger partial charge is 0.449 e. The Labute approximate surface area is 131 Å². The second-order valence-electron chi connectivity index (χ2n) is 5.27. The molecule has 0 aliphatic carbocycles. The van der Waals surface area contributed by atoms with E-state index in [4.69, 9.17) is 0 Å². The van der Waals surface area contributed by atoms with E-state index in [-0.39, 0.29) is 0 Å². The van der Waals surface area contributed by atoms with Crippen LogP contribution in [0.1, 0.15) is 23.0 Å². The third-order valence-corrected chi connectivity index (χ3v) is 3.78. The summed E-state index contributed by atoms with van der Waals surface area (Å²) >= 11 is 0. The van der Waals surface area contributed by atoms with Crippen LogP contribution in [0, 0.1) is 0 Å². The van der Waals surface area contributed by atoms with Crippen molar-refractivity contribution in [3.63, 3.8) is 0 Å². The highest BCUT2D eigenvalue weighted by atomic mass is 19.4. The number of alkyl halides is 3. The summed E-state index contributed by atoms with van der Waals surface area (Å²) in [5.41, 5.74) is 1.27. The van der Waals surface area contributed by atoms with Gasteiger partial charge >= 0.3 is 12.1 Å². The van der Waals surface area contributed by atoms with Crippen LogP contribution in [0.4, 0.5) is 13.2 Å². The van der Waals surface area contributed by atoms with Gasteiger partial charge in [0, 0.05) is 5.92 Å². The van der Waals surface area contributed by atoms with Gasteiger partial charge < -0.3 is 4.74 Å². The number of cyclic esters (lactones) is 1. The van der Waals surface area contributed by atoms with Crippen molar-refractivity contribution in [3.8, 4) is 0 Å². The summed E-state index contributed by atoms with van der Waals surface area (Å²) in [5, 5.41) is 0. The van der Waals surface area contributed by atoms with Crippen molar-refractivity contribution in [2.24, 2.45) is 0 Å². The van der Waals surface area contributed by atoms with Gasteiger partial charge in [-0.3, -0.25) is 4.79 Å². The molecule has 0 saturated carbocycles. The number of benzene rings is 2. The molecule has 0 radical (unpaired) electrons. The smallest absolute Gasteiger partial charge is 0.421 e. The van der Waals surface area contributed by atoms with Crippen molar-refractivity contribution >= 4 is 5.97 Å². The molecular formula is C18H13F3O2. The van der Waals surface area contributed by atoms with Gasteiger partial charge in [0.05, 0.1) is 5.92 Å². The predicted octanol–water partition coefficient (Wildman–Crippen LogP) is 4.56. The van der Waals surface area contributed by atoms with E-state index < -0.39 is 29.7 Å². The number of carbonyl (C=O) groups excluding carboxylic acids is 1. The first-order valence-electron chi connectivity index (χ1n) is 7.07. The van der Waals surface area contributed by atoms with E-state index in [1.165, 1.54) is 0 Å². The molecule has 23 heavy (non-hydrogen) atoms. The van der Waals surface area contributed by atoms with E-state index in [1.807, 2.05) is 0 Å². The quantitative estimate of drug-likeness (QED) is 0.759. The third-order valence-electron chi connectivity index (χ3n) is 3.78. The van der Waals surface area contributed by atoms with Crippen molar-refractivity contribution in [1.29, 1.82) is 0 Å². The first-order chi connectivity index (χ1) is 11.0. The van der Waals surface area contributed by atoms with E-state index in [0.717, 1.165) is 6.08 Å². The van der Waals surface area contributed by atoms with Crippen LogP contribution in [0.3, 0.4) is 0 Å². The Bertz CT molecular complexity index is 721. The zero-order valence-corrected chi connectivity index (χ0v) is 12.0. The van der Waals surface area contributed by atoms with Crippen molar-refractivity contribution in [2.75, 3.05) is 0 Å². The molecule has 0 spiro atoms. The molecule has 0 saturated heterocycles.